The maximum absolute atomic E-state index is 8.81. The van der Waals surface area contributed by atoms with Crippen molar-refractivity contribution in [3.8, 4) is 0 Å². The topological polar surface area (TPSA) is 55.2 Å². The van der Waals surface area contributed by atoms with Crippen molar-refractivity contribution in [3.05, 3.63) is 23.8 Å². The third-order valence-electron chi connectivity index (χ3n) is 1.60. The van der Waals surface area contributed by atoms with Crippen molar-refractivity contribution in [1.29, 1.82) is 0 Å². The van der Waals surface area contributed by atoms with Gasteiger partial charge in [-0.3, -0.25) is 0 Å². The minimum absolute atomic E-state index is 0.0375. The van der Waals surface area contributed by atoms with Gasteiger partial charge in [-0.1, -0.05) is 0 Å². The number of aliphatic hydroxyl groups is 1. The first-order chi connectivity index (χ1) is 6.36. The molecule has 0 aliphatic heterocycles. The zero-order valence-corrected chi connectivity index (χ0v) is 7.73. The van der Waals surface area contributed by atoms with E-state index in [1.54, 1.807) is 12.3 Å². The van der Waals surface area contributed by atoms with Crippen molar-refractivity contribution in [1.82, 2.24) is 9.97 Å². The third-order valence-corrected chi connectivity index (χ3v) is 1.60. The molecule has 4 heteroatoms. The summed E-state index contributed by atoms with van der Waals surface area (Å²) in [6.07, 6.45) is 2.35. The predicted molar refractivity (Wildman–Crippen MR) is 48.2 cm³/mol. The summed E-state index contributed by atoms with van der Waals surface area (Å²) in [6.45, 7) is 3.25. The first kappa shape index (κ1) is 10.1. The summed E-state index contributed by atoms with van der Waals surface area (Å²) in [7, 11) is 0. The van der Waals surface area contributed by atoms with Crippen molar-refractivity contribution < 1.29 is 9.84 Å². The molecule has 13 heavy (non-hydrogen) atoms. The van der Waals surface area contributed by atoms with E-state index >= 15 is 0 Å². The second-order valence-corrected chi connectivity index (χ2v) is 2.57. The van der Waals surface area contributed by atoms with Gasteiger partial charge in [0.25, 0.3) is 0 Å². The highest BCUT2D eigenvalue weighted by atomic mass is 16.5. The highest BCUT2D eigenvalue weighted by Gasteiger charge is 1.97. The van der Waals surface area contributed by atoms with Crippen LogP contribution in [0.1, 0.15) is 18.4 Å². The molecule has 1 aromatic rings. The van der Waals surface area contributed by atoms with Crippen LogP contribution in [-0.2, 0) is 17.8 Å². The van der Waals surface area contributed by atoms with Gasteiger partial charge < -0.3 is 9.84 Å². The molecule has 1 aromatic heterocycles. The van der Waals surface area contributed by atoms with Crippen molar-refractivity contribution in [3.63, 3.8) is 0 Å². The number of rotatable bonds is 5. The van der Waals surface area contributed by atoms with Crippen LogP contribution in [0.5, 0.6) is 0 Å². The van der Waals surface area contributed by atoms with Crippen molar-refractivity contribution >= 4 is 0 Å². The Bertz CT molecular complexity index is 253. The molecule has 0 radical (unpaired) electrons. The van der Waals surface area contributed by atoms with E-state index in [2.05, 4.69) is 9.97 Å². The predicted octanol–water partition coefficient (Wildman–Crippen LogP) is 0.548. The molecule has 0 fully saturated rings. The smallest absolute Gasteiger partial charge is 0.130 e. The molecule has 1 heterocycles. The molecule has 0 aliphatic rings. The quantitative estimate of drug-likeness (QED) is 0.675. The average molecular weight is 182 g/mol. The van der Waals surface area contributed by atoms with Crippen LogP contribution in [0.4, 0.5) is 0 Å². The van der Waals surface area contributed by atoms with E-state index in [1.165, 1.54) is 0 Å². The summed E-state index contributed by atoms with van der Waals surface area (Å²) in [5, 5.41) is 8.81. The lowest BCUT2D eigenvalue weighted by atomic mass is 10.3. The average Bonchev–Trinajstić information content (AvgIpc) is 2.19. The number of hydrogen-bond donors (Lipinski definition) is 1. The van der Waals surface area contributed by atoms with E-state index < -0.39 is 0 Å². The molecule has 72 valence electrons. The zero-order chi connectivity index (χ0) is 9.52. The van der Waals surface area contributed by atoms with Crippen molar-refractivity contribution in [2.24, 2.45) is 0 Å². The fraction of sp³-hybridized carbons (Fsp3) is 0.556. The summed E-state index contributed by atoms with van der Waals surface area (Å²) < 4.78 is 5.17. The van der Waals surface area contributed by atoms with Crippen LogP contribution < -0.4 is 0 Å². The fourth-order valence-electron chi connectivity index (χ4n) is 0.958. The van der Waals surface area contributed by atoms with E-state index in [-0.39, 0.29) is 6.61 Å². The largest absolute Gasteiger partial charge is 0.390 e. The molecule has 0 unspecified atom stereocenters. The standard InChI is InChI=1S/C9H14N2O2/c1-2-13-6-4-9-10-5-3-8(7-12)11-9/h3,5,12H,2,4,6-7H2,1H3. The van der Waals surface area contributed by atoms with E-state index in [1.807, 2.05) is 6.92 Å². The summed E-state index contributed by atoms with van der Waals surface area (Å²) in [5.41, 5.74) is 0.654. The van der Waals surface area contributed by atoms with Gasteiger partial charge in [-0.2, -0.15) is 0 Å². The van der Waals surface area contributed by atoms with Gasteiger partial charge in [0.05, 0.1) is 18.9 Å². The molecule has 0 saturated carbocycles. The van der Waals surface area contributed by atoms with E-state index in [0.29, 0.717) is 25.3 Å². The molecule has 0 atom stereocenters. The SMILES string of the molecule is CCOCCc1nccc(CO)n1. The molecule has 1 N–H and O–H groups in total. The van der Waals surface area contributed by atoms with Gasteiger partial charge in [-0.15, -0.1) is 0 Å². The Kier molecular flexibility index (Phi) is 4.35. The van der Waals surface area contributed by atoms with E-state index in [0.717, 1.165) is 5.82 Å². The monoisotopic (exact) mass is 182 g/mol. The van der Waals surface area contributed by atoms with Gasteiger partial charge >= 0.3 is 0 Å². The Balaban J connectivity index is 2.46. The molecule has 0 spiro atoms. The normalized spacial score (nSPS) is 10.3. The van der Waals surface area contributed by atoms with Crippen LogP contribution in [0.25, 0.3) is 0 Å². The second-order valence-electron chi connectivity index (χ2n) is 2.57. The highest BCUT2D eigenvalue weighted by molar-refractivity contribution is 5.00. The second kappa shape index (κ2) is 5.61. The summed E-state index contributed by atoms with van der Waals surface area (Å²) in [6, 6.07) is 1.70. The van der Waals surface area contributed by atoms with Crippen LogP contribution in [0, 0.1) is 0 Å². The molecular formula is C9H14N2O2. The lowest BCUT2D eigenvalue weighted by Gasteiger charge is -2.01. The maximum Gasteiger partial charge on any atom is 0.130 e. The maximum atomic E-state index is 8.81. The van der Waals surface area contributed by atoms with Crippen LogP contribution in [0.2, 0.25) is 0 Å². The highest BCUT2D eigenvalue weighted by Crippen LogP contribution is 1.96. The third kappa shape index (κ3) is 3.48. The summed E-state index contributed by atoms with van der Waals surface area (Å²) in [4.78, 5) is 8.18. The first-order valence-corrected chi connectivity index (χ1v) is 4.36. The van der Waals surface area contributed by atoms with Gasteiger partial charge in [0.1, 0.15) is 5.82 Å². The molecular weight excluding hydrogens is 168 g/mol. The van der Waals surface area contributed by atoms with Gasteiger partial charge in [0, 0.05) is 19.2 Å². The van der Waals surface area contributed by atoms with E-state index in [9.17, 15) is 0 Å². The van der Waals surface area contributed by atoms with E-state index in [4.69, 9.17) is 9.84 Å². The molecule has 0 aromatic carbocycles. The Hall–Kier alpha value is -1.00. The lowest BCUT2D eigenvalue weighted by molar-refractivity contribution is 0.149. The van der Waals surface area contributed by atoms with Gasteiger partial charge in [-0.05, 0) is 13.0 Å². The number of nitrogens with zero attached hydrogens (tertiary/aromatic N) is 2. The van der Waals surface area contributed by atoms with Gasteiger partial charge in [0.15, 0.2) is 0 Å². The molecule has 1 rings (SSSR count). The van der Waals surface area contributed by atoms with Crippen LogP contribution in [0.3, 0.4) is 0 Å². The Labute approximate surface area is 77.6 Å². The molecule has 4 nitrogen and oxygen atoms in total. The fourth-order valence-corrected chi connectivity index (χ4v) is 0.958. The number of aliphatic hydroxyl groups excluding tert-OH is 1. The summed E-state index contributed by atoms with van der Waals surface area (Å²) in [5.74, 6) is 0.722. The molecule has 0 saturated heterocycles. The number of aromatic nitrogens is 2. The van der Waals surface area contributed by atoms with Crippen molar-refractivity contribution in [2.75, 3.05) is 13.2 Å². The minimum atomic E-state index is -0.0375. The van der Waals surface area contributed by atoms with Gasteiger partial charge in [-0.25, -0.2) is 9.97 Å². The Morgan fingerprint density at radius 2 is 2.38 bits per heavy atom. The lowest BCUT2D eigenvalue weighted by Crippen LogP contribution is -2.04. The Morgan fingerprint density at radius 3 is 3.08 bits per heavy atom. The summed E-state index contributed by atoms with van der Waals surface area (Å²) >= 11 is 0. The molecule has 0 amide bonds. The van der Waals surface area contributed by atoms with Crippen LogP contribution in [-0.4, -0.2) is 28.3 Å². The Morgan fingerprint density at radius 1 is 1.54 bits per heavy atom. The first-order valence-electron chi connectivity index (χ1n) is 4.36. The van der Waals surface area contributed by atoms with Crippen LogP contribution >= 0.6 is 0 Å². The molecule has 0 aliphatic carbocycles. The number of hydrogen-bond acceptors (Lipinski definition) is 4. The van der Waals surface area contributed by atoms with Gasteiger partial charge in [0.2, 0.25) is 0 Å². The van der Waals surface area contributed by atoms with Crippen LogP contribution in [0.15, 0.2) is 12.3 Å². The number of ether oxygens (including phenoxy) is 1. The van der Waals surface area contributed by atoms with Crippen molar-refractivity contribution in [2.45, 2.75) is 20.0 Å². The molecule has 0 bridgehead atoms. The minimum Gasteiger partial charge on any atom is -0.390 e. The zero-order valence-electron chi connectivity index (χ0n) is 7.73.